The minimum Gasteiger partial charge on any atom is -0.0654 e. The highest BCUT2D eigenvalue weighted by Gasteiger charge is 2.24. The highest BCUT2D eigenvalue weighted by Crippen LogP contribution is 2.33. The second kappa shape index (κ2) is 9.00. The molecule has 0 aliphatic rings. The van der Waals surface area contributed by atoms with Crippen molar-refractivity contribution >= 4 is 0 Å². The van der Waals surface area contributed by atoms with Crippen molar-refractivity contribution in [1.82, 2.24) is 0 Å². The molecule has 0 spiro atoms. The standard InChI is InChI=1S/C17H36/c1-8-10-11-17(14(5)9-2)16(7)12-15(6)13(3)4/h13-17H,8-12H2,1-7H3. The topological polar surface area (TPSA) is 0 Å². The number of unbranched alkanes of at least 4 members (excludes halogenated alkanes) is 1. The summed E-state index contributed by atoms with van der Waals surface area (Å²) in [5, 5.41) is 0. The highest BCUT2D eigenvalue weighted by molar-refractivity contribution is 4.74. The summed E-state index contributed by atoms with van der Waals surface area (Å²) in [6.45, 7) is 16.8. The van der Waals surface area contributed by atoms with Gasteiger partial charge in [0.25, 0.3) is 0 Å². The summed E-state index contributed by atoms with van der Waals surface area (Å²) >= 11 is 0. The van der Waals surface area contributed by atoms with Crippen molar-refractivity contribution < 1.29 is 0 Å². The molecule has 0 nitrogen and oxygen atoms in total. The lowest BCUT2D eigenvalue weighted by Crippen LogP contribution is -2.22. The summed E-state index contributed by atoms with van der Waals surface area (Å²) in [6.07, 6.45) is 6.96. The Balaban J connectivity index is 4.35. The summed E-state index contributed by atoms with van der Waals surface area (Å²) in [5.41, 5.74) is 0. The van der Waals surface area contributed by atoms with Crippen LogP contribution in [-0.2, 0) is 0 Å². The SMILES string of the molecule is CCCCC(C(C)CC)C(C)CC(C)C(C)C. The Kier molecular flexibility index (Phi) is 9.00. The normalized spacial score (nSPS) is 19.1. The van der Waals surface area contributed by atoms with Crippen LogP contribution in [0.2, 0.25) is 0 Å². The Hall–Kier alpha value is 0. The summed E-state index contributed by atoms with van der Waals surface area (Å²) in [5.74, 6) is 4.45. The first-order valence-corrected chi connectivity index (χ1v) is 7.93. The van der Waals surface area contributed by atoms with E-state index in [0.29, 0.717) is 0 Å². The molecule has 0 rings (SSSR count). The Morgan fingerprint density at radius 2 is 1.35 bits per heavy atom. The van der Waals surface area contributed by atoms with Crippen molar-refractivity contribution in [2.75, 3.05) is 0 Å². The zero-order valence-electron chi connectivity index (χ0n) is 13.4. The lowest BCUT2D eigenvalue weighted by Gasteiger charge is -2.32. The second-order valence-electron chi connectivity index (χ2n) is 6.63. The predicted molar refractivity (Wildman–Crippen MR) is 80.3 cm³/mol. The van der Waals surface area contributed by atoms with Gasteiger partial charge in [-0.3, -0.25) is 0 Å². The van der Waals surface area contributed by atoms with Gasteiger partial charge >= 0.3 is 0 Å². The molecule has 0 aliphatic heterocycles. The summed E-state index contributed by atoms with van der Waals surface area (Å²) < 4.78 is 0. The molecule has 0 amide bonds. The molecular weight excluding hydrogens is 204 g/mol. The smallest absolute Gasteiger partial charge is 0.0363 e. The quantitative estimate of drug-likeness (QED) is 0.453. The molecule has 4 atom stereocenters. The summed E-state index contributed by atoms with van der Waals surface area (Å²) in [7, 11) is 0. The van der Waals surface area contributed by atoms with Crippen LogP contribution in [0.1, 0.15) is 80.6 Å². The van der Waals surface area contributed by atoms with Gasteiger partial charge in [0, 0.05) is 0 Å². The molecular formula is C17H36. The fraction of sp³-hybridized carbons (Fsp3) is 1.00. The average molecular weight is 240 g/mol. The van der Waals surface area contributed by atoms with E-state index >= 15 is 0 Å². The maximum atomic E-state index is 2.49. The van der Waals surface area contributed by atoms with E-state index in [-0.39, 0.29) is 0 Å². The third-order valence-corrected chi connectivity index (χ3v) is 4.88. The van der Waals surface area contributed by atoms with Crippen molar-refractivity contribution in [1.29, 1.82) is 0 Å². The predicted octanol–water partition coefficient (Wildman–Crippen LogP) is 6.16. The Morgan fingerprint density at radius 1 is 0.765 bits per heavy atom. The van der Waals surface area contributed by atoms with Crippen LogP contribution in [-0.4, -0.2) is 0 Å². The fourth-order valence-electron chi connectivity index (χ4n) is 2.91. The third-order valence-electron chi connectivity index (χ3n) is 4.88. The lowest BCUT2D eigenvalue weighted by molar-refractivity contribution is 0.186. The molecule has 0 fully saturated rings. The van der Waals surface area contributed by atoms with E-state index in [0.717, 1.165) is 29.6 Å². The van der Waals surface area contributed by atoms with E-state index in [9.17, 15) is 0 Å². The van der Waals surface area contributed by atoms with Gasteiger partial charge in [0.1, 0.15) is 0 Å². The monoisotopic (exact) mass is 240 g/mol. The maximum Gasteiger partial charge on any atom is -0.0363 e. The first-order valence-electron chi connectivity index (χ1n) is 7.93. The Bertz CT molecular complexity index is 171. The van der Waals surface area contributed by atoms with Gasteiger partial charge in [-0.05, 0) is 42.4 Å². The van der Waals surface area contributed by atoms with Crippen LogP contribution in [0.4, 0.5) is 0 Å². The molecule has 0 heterocycles. The molecule has 0 heteroatoms. The van der Waals surface area contributed by atoms with E-state index < -0.39 is 0 Å². The van der Waals surface area contributed by atoms with Crippen LogP contribution in [0.5, 0.6) is 0 Å². The van der Waals surface area contributed by atoms with Crippen LogP contribution in [0, 0.1) is 29.6 Å². The largest absolute Gasteiger partial charge is 0.0654 e. The van der Waals surface area contributed by atoms with Crippen molar-refractivity contribution in [3.63, 3.8) is 0 Å². The molecule has 0 radical (unpaired) electrons. The first-order chi connectivity index (χ1) is 7.93. The molecule has 0 saturated heterocycles. The van der Waals surface area contributed by atoms with Crippen LogP contribution >= 0.6 is 0 Å². The van der Waals surface area contributed by atoms with Crippen LogP contribution in [0.3, 0.4) is 0 Å². The van der Waals surface area contributed by atoms with E-state index in [2.05, 4.69) is 48.5 Å². The van der Waals surface area contributed by atoms with Crippen LogP contribution in [0.15, 0.2) is 0 Å². The second-order valence-corrected chi connectivity index (χ2v) is 6.63. The van der Waals surface area contributed by atoms with Gasteiger partial charge in [-0.15, -0.1) is 0 Å². The van der Waals surface area contributed by atoms with E-state index in [1.165, 1.54) is 32.1 Å². The molecule has 0 saturated carbocycles. The van der Waals surface area contributed by atoms with E-state index in [4.69, 9.17) is 0 Å². The van der Waals surface area contributed by atoms with Gasteiger partial charge < -0.3 is 0 Å². The van der Waals surface area contributed by atoms with Crippen molar-refractivity contribution in [3.8, 4) is 0 Å². The first kappa shape index (κ1) is 17.0. The number of hydrogen-bond donors (Lipinski definition) is 0. The van der Waals surface area contributed by atoms with Crippen molar-refractivity contribution in [2.45, 2.75) is 80.6 Å². The zero-order valence-corrected chi connectivity index (χ0v) is 13.4. The van der Waals surface area contributed by atoms with Crippen LogP contribution in [0.25, 0.3) is 0 Å². The van der Waals surface area contributed by atoms with Gasteiger partial charge in [-0.25, -0.2) is 0 Å². The van der Waals surface area contributed by atoms with Gasteiger partial charge in [-0.2, -0.15) is 0 Å². The van der Waals surface area contributed by atoms with Gasteiger partial charge in [0.05, 0.1) is 0 Å². The molecule has 17 heavy (non-hydrogen) atoms. The Morgan fingerprint density at radius 3 is 1.76 bits per heavy atom. The number of hydrogen-bond acceptors (Lipinski definition) is 0. The average Bonchev–Trinajstić information content (AvgIpc) is 2.28. The molecule has 0 aromatic rings. The zero-order chi connectivity index (χ0) is 13.4. The minimum absolute atomic E-state index is 0.834. The molecule has 104 valence electrons. The Labute approximate surface area is 111 Å². The highest BCUT2D eigenvalue weighted by atomic mass is 14.3. The molecule has 0 N–H and O–H groups in total. The van der Waals surface area contributed by atoms with Crippen LogP contribution < -0.4 is 0 Å². The molecule has 0 aromatic carbocycles. The lowest BCUT2D eigenvalue weighted by atomic mass is 9.74. The minimum atomic E-state index is 0.834. The van der Waals surface area contributed by atoms with Crippen molar-refractivity contribution in [3.05, 3.63) is 0 Å². The molecule has 0 aliphatic carbocycles. The molecule has 0 aromatic heterocycles. The van der Waals surface area contributed by atoms with Gasteiger partial charge in [-0.1, -0.05) is 67.7 Å². The molecule has 0 bridgehead atoms. The van der Waals surface area contributed by atoms with E-state index in [1.54, 1.807) is 0 Å². The summed E-state index contributed by atoms with van der Waals surface area (Å²) in [6, 6.07) is 0. The van der Waals surface area contributed by atoms with Gasteiger partial charge in [0.15, 0.2) is 0 Å². The third kappa shape index (κ3) is 6.48. The van der Waals surface area contributed by atoms with Gasteiger partial charge in [0.2, 0.25) is 0 Å². The van der Waals surface area contributed by atoms with Crippen molar-refractivity contribution in [2.24, 2.45) is 29.6 Å². The number of rotatable bonds is 9. The molecule has 4 unspecified atom stereocenters. The maximum absolute atomic E-state index is 2.49. The summed E-state index contributed by atoms with van der Waals surface area (Å²) in [4.78, 5) is 0. The van der Waals surface area contributed by atoms with E-state index in [1.807, 2.05) is 0 Å². The fourth-order valence-corrected chi connectivity index (χ4v) is 2.91.